The molecule has 1 aromatic carbocycles. The summed E-state index contributed by atoms with van der Waals surface area (Å²) in [7, 11) is 0. The van der Waals surface area contributed by atoms with Crippen molar-refractivity contribution >= 4 is 11.6 Å². The highest BCUT2D eigenvalue weighted by atomic mass is 16.5. The molecule has 0 radical (unpaired) electrons. The number of amides is 1. The van der Waals surface area contributed by atoms with Gasteiger partial charge in [-0.25, -0.2) is 9.36 Å². The van der Waals surface area contributed by atoms with E-state index < -0.39 is 5.76 Å². The Hall–Kier alpha value is -3.22. The van der Waals surface area contributed by atoms with Gasteiger partial charge in [-0.05, 0) is 36.1 Å². The van der Waals surface area contributed by atoms with Crippen LogP contribution in [0.2, 0.25) is 0 Å². The van der Waals surface area contributed by atoms with Crippen molar-refractivity contribution < 1.29 is 9.32 Å². The second kappa shape index (κ2) is 7.35. The first-order valence-corrected chi connectivity index (χ1v) is 8.34. The number of hydrogen-bond donors (Lipinski definition) is 1. The van der Waals surface area contributed by atoms with Crippen LogP contribution in [-0.2, 0) is 11.3 Å². The molecule has 3 aromatic rings. The Morgan fingerprint density at radius 1 is 1.23 bits per heavy atom. The summed E-state index contributed by atoms with van der Waals surface area (Å²) < 4.78 is 5.90. The Bertz CT molecular complexity index is 974. The van der Waals surface area contributed by atoms with Crippen LogP contribution in [0.4, 0.5) is 5.69 Å². The SMILES string of the molecule is Cc1cccc(C(C)C)c1NC(=O)Cn1c(-c2ccccn2)noc1=O. The van der Waals surface area contributed by atoms with Gasteiger partial charge in [0.25, 0.3) is 0 Å². The predicted octanol–water partition coefficient (Wildman–Crippen LogP) is 2.97. The zero-order valence-corrected chi connectivity index (χ0v) is 14.9. The van der Waals surface area contributed by atoms with E-state index in [0.717, 1.165) is 16.8 Å². The van der Waals surface area contributed by atoms with Crippen molar-refractivity contribution in [1.82, 2.24) is 14.7 Å². The zero-order valence-electron chi connectivity index (χ0n) is 14.9. The summed E-state index contributed by atoms with van der Waals surface area (Å²) in [6.45, 7) is 5.86. The quantitative estimate of drug-likeness (QED) is 0.762. The molecule has 0 unspecified atom stereocenters. The molecular formula is C19H20N4O3. The lowest BCUT2D eigenvalue weighted by Gasteiger charge is -2.16. The third kappa shape index (κ3) is 3.56. The Balaban J connectivity index is 1.87. The molecule has 0 spiro atoms. The largest absolute Gasteiger partial charge is 0.442 e. The van der Waals surface area contributed by atoms with Crippen molar-refractivity contribution in [3.8, 4) is 11.5 Å². The molecule has 0 bridgehead atoms. The van der Waals surface area contributed by atoms with Gasteiger partial charge >= 0.3 is 5.76 Å². The number of carbonyl (C=O) groups excluding carboxylic acids is 1. The second-order valence-electron chi connectivity index (χ2n) is 6.32. The fourth-order valence-electron chi connectivity index (χ4n) is 2.75. The molecule has 0 aliphatic rings. The molecule has 0 aliphatic heterocycles. The number of anilines is 1. The third-order valence-corrected chi connectivity index (χ3v) is 4.07. The lowest BCUT2D eigenvalue weighted by atomic mass is 9.98. The van der Waals surface area contributed by atoms with Gasteiger partial charge < -0.3 is 5.32 Å². The first-order valence-electron chi connectivity index (χ1n) is 8.34. The third-order valence-electron chi connectivity index (χ3n) is 4.07. The monoisotopic (exact) mass is 352 g/mol. The van der Waals surface area contributed by atoms with Gasteiger partial charge in [0.2, 0.25) is 11.7 Å². The molecule has 7 nitrogen and oxygen atoms in total. The Morgan fingerprint density at radius 2 is 2.04 bits per heavy atom. The van der Waals surface area contributed by atoms with E-state index in [1.807, 2.05) is 25.1 Å². The predicted molar refractivity (Wildman–Crippen MR) is 97.9 cm³/mol. The summed E-state index contributed by atoms with van der Waals surface area (Å²) >= 11 is 0. The number of nitrogens with zero attached hydrogens (tertiary/aromatic N) is 3. The van der Waals surface area contributed by atoms with E-state index >= 15 is 0 Å². The molecular weight excluding hydrogens is 332 g/mol. The number of nitrogens with one attached hydrogen (secondary N) is 1. The molecule has 1 amide bonds. The first kappa shape index (κ1) is 17.6. The summed E-state index contributed by atoms with van der Waals surface area (Å²) in [6, 6.07) is 11.1. The van der Waals surface area contributed by atoms with E-state index in [9.17, 15) is 9.59 Å². The maximum Gasteiger partial charge on any atom is 0.442 e. The van der Waals surface area contributed by atoms with Crippen molar-refractivity contribution in [3.63, 3.8) is 0 Å². The molecule has 1 N–H and O–H groups in total. The topological polar surface area (TPSA) is 90.0 Å². The summed E-state index contributed by atoms with van der Waals surface area (Å²) in [6.07, 6.45) is 1.58. The van der Waals surface area contributed by atoms with E-state index in [4.69, 9.17) is 4.52 Å². The average Bonchev–Trinajstić information content (AvgIpc) is 2.98. The van der Waals surface area contributed by atoms with Crippen molar-refractivity contribution in [2.45, 2.75) is 33.2 Å². The molecule has 0 saturated carbocycles. The highest BCUT2D eigenvalue weighted by Gasteiger charge is 2.18. The van der Waals surface area contributed by atoms with Crippen LogP contribution in [0.3, 0.4) is 0 Å². The van der Waals surface area contributed by atoms with Crippen LogP contribution < -0.4 is 11.1 Å². The maximum atomic E-state index is 12.6. The number of carbonyl (C=O) groups is 1. The average molecular weight is 352 g/mol. The molecule has 0 atom stereocenters. The van der Waals surface area contributed by atoms with Crippen LogP contribution >= 0.6 is 0 Å². The molecule has 0 saturated heterocycles. The number of para-hydroxylation sites is 1. The highest BCUT2D eigenvalue weighted by Crippen LogP contribution is 2.27. The fraction of sp³-hybridized carbons (Fsp3) is 0.263. The summed E-state index contributed by atoms with van der Waals surface area (Å²) in [5.74, 6) is -0.550. The van der Waals surface area contributed by atoms with Crippen LogP contribution in [0, 0.1) is 6.92 Å². The van der Waals surface area contributed by atoms with Crippen LogP contribution in [0.1, 0.15) is 30.9 Å². The Labute approximate surface area is 150 Å². The van der Waals surface area contributed by atoms with Crippen LogP contribution in [0.15, 0.2) is 51.9 Å². The lowest BCUT2D eigenvalue weighted by Crippen LogP contribution is -2.26. The standard InChI is InChI=1S/C19H20N4O3/c1-12(2)14-8-6-7-13(3)17(14)21-16(24)11-23-18(22-26-19(23)25)15-9-4-5-10-20-15/h4-10,12H,11H2,1-3H3,(H,21,24). The highest BCUT2D eigenvalue weighted by molar-refractivity contribution is 5.92. The Morgan fingerprint density at radius 3 is 2.73 bits per heavy atom. The minimum atomic E-state index is -0.699. The van der Waals surface area contributed by atoms with Gasteiger partial charge in [-0.1, -0.05) is 43.3 Å². The van der Waals surface area contributed by atoms with E-state index in [1.165, 1.54) is 4.57 Å². The van der Waals surface area contributed by atoms with Gasteiger partial charge in [0.15, 0.2) is 0 Å². The molecule has 7 heteroatoms. The number of rotatable bonds is 5. The molecule has 3 rings (SSSR count). The number of aromatic nitrogens is 3. The Kier molecular flexibility index (Phi) is 4.97. The van der Waals surface area contributed by atoms with Gasteiger partial charge in [0.05, 0.1) is 0 Å². The molecule has 2 heterocycles. The second-order valence-corrected chi connectivity index (χ2v) is 6.32. The van der Waals surface area contributed by atoms with Crippen molar-refractivity contribution in [2.75, 3.05) is 5.32 Å². The van der Waals surface area contributed by atoms with Crippen molar-refractivity contribution in [2.24, 2.45) is 0 Å². The maximum absolute atomic E-state index is 12.6. The van der Waals surface area contributed by atoms with E-state index in [2.05, 4.69) is 29.3 Å². The van der Waals surface area contributed by atoms with E-state index in [1.54, 1.807) is 24.4 Å². The van der Waals surface area contributed by atoms with Crippen LogP contribution in [0.5, 0.6) is 0 Å². The minimum absolute atomic E-state index is 0.208. The van der Waals surface area contributed by atoms with Crippen LogP contribution in [-0.4, -0.2) is 20.6 Å². The summed E-state index contributed by atoms with van der Waals surface area (Å²) in [5, 5.41) is 6.66. The normalized spacial score (nSPS) is 10.9. The zero-order chi connectivity index (χ0) is 18.7. The molecule has 26 heavy (non-hydrogen) atoms. The van der Waals surface area contributed by atoms with Gasteiger partial charge in [-0.3, -0.25) is 14.3 Å². The minimum Gasteiger partial charge on any atom is -0.324 e. The van der Waals surface area contributed by atoms with Gasteiger partial charge in [0.1, 0.15) is 12.2 Å². The molecule has 2 aromatic heterocycles. The number of hydrogen-bond acceptors (Lipinski definition) is 5. The lowest BCUT2D eigenvalue weighted by molar-refractivity contribution is -0.116. The first-order chi connectivity index (χ1) is 12.5. The molecule has 0 fully saturated rings. The molecule has 134 valence electrons. The molecule has 0 aliphatic carbocycles. The van der Waals surface area contributed by atoms with E-state index in [-0.39, 0.29) is 24.2 Å². The van der Waals surface area contributed by atoms with Gasteiger partial charge in [0, 0.05) is 11.9 Å². The number of aryl methyl sites for hydroxylation is 1. The smallest absolute Gasteiger partial charge is 0.324 e. The number of benzene rings is 1. The van der Waals surface area contributed by atoms with Crippen molar-refractivity contribution in [3.05, 3.63) is 64.3 Å². The van der Waals surface area contributed by atoms with E-state index in [0.29, 0.717) is 5.69 Å². The van der Waals surface area contributed by atoms with Gasteiger partial charge in [-0.15, -0.1) is 0 Å². The fourth-order valence-corrected chi connectivity index (χ4v) is 2.75. The van der Waals surface area contributed by atoms with Crippen molar-refractivity contribution in [1.29, 1.82) is 0 Å². The summed E-state index contributed by atoms with van der Waals surface area (Å²) in [5.41, 5.74) is 3.24. The van der Waals surface area contributed by atoms with Gasteiger partial charge in [-0.2, -0.15) is 0 Å². The van der Waals surface area contributed by atoms with Crippen LogP contribution in [0.25, 0.3) is 11.5 Å². The number of pyridine rings is 1. The summed E-state index contributed by atoms with van der Waals surface area (Å²) in [4.78, 5) is 28.7.